The number of ether oxygens (including phenoxy) is 1. The van der Waals surface area contributed by atoms with E-state index in [0.29, 0.717) is 11.4 Å². The van der Waals surface area contributed by atoms with Crippen molar-refractivity contribution in [2.75, 3.05) is 26.0 Å². The predicted molar refractivity (Wildman–Crippen MR) is 124 cm³/mol. The number of sulfonamides is 1. The molecule has 1 aromatic heterocycles. The number of aromatic nitrogens is 2. The summed E-state index contributed by atoms with van der Waals surface area (Å²) >= 11 is 6.01. The van der Waals surface area contributed by atoms with Crippen LogP contribution >= 0.6 is 11.6 Å². The maximum atomic E-state index is 12.6. The molecule has 1 amide bonds. The van der Waals surface area contributed by atoms with Crippen LogP contribution < -0.4 is 5.32 Å². The van der Waals surface area contributed by atoms with Gasteiger partial charge in [0.15, 0.2) is 6.61 Å². The van der Waals surface area contributed by atoms with E-state index < -0.39 is 28.5 Å². The molecule has 3 aromatic rings. The van der Waals surface area contributed by atoms with Gasteiger partial charge in [0.05, 0.1) is 22.1 Å². The van der Waals surface area contributed by atoms with Crippen molar-refractivity contribution in [3.63, 3.8) is 0 Å². The molecule has 0 aliphatic carbocycles. The van der Waals surface area contributed by atoms with E-state index in [0.717, 1.165) is 9.99 Å². The fraction of sp³-hybridized carbons (Fsp3) is 0.227. The van der Waals surface area contributed by atoms with Crippen LogP contribution in [-0.4, -0.2) is 55.1 Å². The minimum atomic E-state index is -3.80. The minimum Gasteiger partial charge on any atom is -0.452 e. The number of halogens is 1. The zero-order valence-corrected chi connectivity index (χ0v) is 20.1. The molecule has 0 radical (unpaired) electrons. The summed E-state index contributed by atoms with van der Waals surface area (Å²) in [6, 6.07) is 13.4. The van der Waals surface area contributed by atoms with E-state index in [-0.39, 0.29) is 21.2 Å². The van der Waals surface area contributed by atoms with E-state index in [9.17, 15) is 18.0 Å². The second-order valence-electron chi connectivity index (χ2n) is 7.35. The van der Waals surface area contributed by atoms with Crippen LogP contribution in [0.4, 0.5) is 5.69 Å². The van der Waals surface area contributed by atoms with Crippen molar-refractivity contribution in [3.8, 4) is 5.69 Å². The highest BCUT2D eigenvalue weighted by Crippen LogP contribution is 2.27. The molecule has 0 bridgehead atoms. The molecule has 9 nitrogen and oxygen atoms in total. The Morgan fingerprint density at radius 2 is 1.79 bits per heavy atom. The van der Waals surface area contributed by atoms with E-state index in [1.807, 2.05) is 30.3 Å². The van der Waals surface area contributed by atoms with Gasteiger partial charge in [-0.2, -0.15) is 5.10 Å². The van der Waals surface area contributed by atoms with E-state index in [1.54, 1.807) is 18.5 Å². The molecule has 0 aliphatic heterocycles. The summed E-state index contributed by atoms with van der Waals surface area (Å²) in [7, 11) is -1.05. The Morgan fingerprint density at radius 1 is 1.12 bits per heavy atom. The van der Waals surface area contributed by atoms with Gasteiger partial charge in [0.25, 0.3) is 5.91 Å². The van der Waals surface area contributed by atoms with Crippen LogP contribution in [0.25, 0.3) is 5.69 Å². The molecule has 2 aromatic carbocycles. The summed E-state index contributed by atoms with van der Waals surface area (Å²) < 4.78 is 32.6. The maximum absolute atomic E-state index is 12.6. The topological polar surface area (TPSA) is 111 Å². The van der Waals surface area contributed by atoms with Crippen molar-refractivity contribution in [1.82, 2.24) is 14.1 Å². The number of rotatable bonds is 7. The number of para-hydroxylation sites is 1. The van der Waals surface area contributed by atoms with Gasteiger partial charge in [-0.15, -0.1) is 0 Å². The predicted octanol–water partition coefficient (Wildman–Crippen LogP) is 3.19. The van der Waals surface area contributed by atoms with Gasteiger partial charge >= 0.3 is 5.97 Å². The third-order valence-electron chi connectivity index (χ3n) is 4.80. The van der Waals surface area contributed by atoms with Crippen LogP contribution in [0, 0.1) is 13.8 Å². The summed E-state index contributed by atoms with van der Waals surface area (Å²) in [5, 5.41) is 6.93. The molecule has 0 spiro atoms. The van der Waals surface area contributed by atoms with Crippen molar-refractivity contribution in [2.24, 2.45) is 0 Å². The van der Waals surface area contributed by atoms with Gasteiger partial charge in [0.1, 0.15) is 10.5 Å². The zero-order valence-electron chi connectivity index (χ0n) is 18.5. The van der Waals surface area contributed by atoms with Crippen molar-refractivity contribution in [3.05, 3.63) is 70.5 Å². The number of esters is 1. The van der Waals surface area contributed by atoms with Gasteiger partial charge in [0, 0.05) is 19.8 Å². The van der Waals surface area contributed by atoms with Crippen LogP contribution in [-0.2, 0) is 19.6 Å². The van der Waals surface area contributed by atoms with Crippen LogP contribution in [0.1, 0.15) is 21.7 Å². The van der Waals surface area contributed by atoms with Gasteiger partial charge in [0.2, 0.25) is 10.0 Å². The summed E-state index contributed by atoms with van der Waals surface area (Å²) in [6.45, 7) is 2.86. The molecular formula is C22H23ClN4O5S. The highest BCUT2D eigenvalue weighted by molar-refractivity contribution is 7.89. The Labute approximate surface area is 197 Å². The number of carbonyl (C=O) groups is 2. The van der Waals surface area contributed by atoms with Gasteiger partial charge in [-0.3, -0.25) is 4.79 Å². The number of nitrogens with zero attached hydrogens (tertiary/aromatic N) is 3. The number of nitrogens with one attached hydrogen (secondary N) is 1. The van der Waals surface area contributed by atoms with Gasteiger partial charge in [-0.1, -0.05) is 29.8 Å². The lowest BCUT2D eigenvalue weighted by atomic mass is 10.2. The molecule has 0 saturated heterocycles. The molecule has 1 heterocycles. The Hall–Kier alpha value is -3.21. The number of carbonyl (C=O) groups excluding carboxylic acids is 2. The number of amides is 1. The van der Waals surface area contributed by atoms with Crippen molar-refractivity contribution < 1.29 is 22.7 Å². The quantitative estimate of drug-likeness (QED) is 0.509. The first kappa shape index (κ1) is 24.4. The van der Waals surface area contributed by atoms with Gasteiger partial charge in [-0.05, 0) is 44.2 Å². The van der Waals surface area contributed by atoms with Crippen LogP contribution in [0.15, 0.2) is 53.4 Å². The van der Waals surface area contributed by atoms with Crippen molar-refractivity contribution >= 4 is 39.2 Å². The van der Waals surface area contributed by atoms with Crippen LogP contribution in [0.3, 0.4) is 0 Å². The molecular weight excluding hydrogens is 468 g/mol. The first-order valence-corrected chi connectivity index (χ1v) is 11.6. The zero-order chi connectivity index (χ0) is 24.3. The molecule has 0 unspecified atom stereocenters. The Bertz CT molecular complexity index is 1300. The number of benzene rings is 2. The Morgan fingerprint density at radius 3 is 2.42 bits per heavy atom. The molecule has 33 heavy (non-hydrogen) atoms. The van der Waals surface area contributed by atoms with Gasteiger partial charge < -0.3 is 10.1 Å². The first-order chi connectivity index (χ1) is 15.5. The van der Waals surface area contributed by atoms with Gasteiger partial charge in [-0.25, -0.2) is 22.2 Å². The lowest BCUT2D eigenvalue weighted by Gasteiger charge is -2.14. The number of aryl methyl sites for hydroxylation is 1. The number of anilines is 1. The number of hydrogen-bond acceptors (Lipinski definition) is 6. The van der Waals surface area contributed by atoms with Crippen LogP contribution in [0.5, 0.6) is 0 Å². The Kier molecular flexibility index (Phi) is 7.21. The molecule has 0 atom stereocenters. The van der Waals surface area contributed by atoms with E-state index in [2.05, 4.69) is 10.4 Å². The van der Waals surface area contributed by atoms with Crippen molar-refractivity contribution in [2.45, 2.75) is 18.7 Å². The smallest absolute Gasteiger partial charge is 0.342 e. The highest BCUT2D eigenvalue weighted by Gasteiger charge is 2.23. The SMILES string of the molecule is Cc1nn(-c2ccccc2)c(C)c1C(=O)OCC(=O)Nc1ccc(Cl)c(S(=O)(=O)N(C)C)c1. The molecule has 0 fully saturated rings. The summed E-state index contributed by atoms with van der Waals surface area (Å²) in [5.74, 6) is -1.32. The second kappa shape index (κ2) is 9.74. The fourth-order valence-electron chi connectivity index (χ4n) is 3.13. The fourth-order valence-corrected chi connectivity index (χ4v) is 4.53. The molecule has 11 heteroatoms. The average Bonchev–Trinajstić information content (AvgIpc) is 3.07. The van der Waals surface area contributed by atoms with E-state index in [1.165, 1.54) is 32.3 Å². The number of hydrogen-bond donors (Lipinski definition) is 1. The summed E-state index contributed by atoms with van der Waals surface area (Å²) in [6.07, 6.45) is 0. The van der Waals surface area contributed by atoms with Crippen LogP contribution in [0.2, 0.25) is 5.02 Å². The third kappa shape index (κ3) is 5.24. The minimum absolute atomic E-state index is 0.0227. The normalized spacial score (nSPS) is 11.5. The Balaban J connectivity index is 1.70. The lowest BCUT2D eigenvalue weighted by Crippen LogP contribution is -2.24. The molecule has 1 N–H and O–H groups in total. The molecule has 174 valence electrons. The third-order valence-corrected chi connectivity index (χ3v) is 7.10. The second-order valence-corrected chi connectivity index (χ2v) is 9.88. The summed E-state index contributed by atoms with van der Waals surface area (Å²) in [4.78, 5) is 24.8. The standard InChI is InChI=1S/C22H23ClN4O5S/c1-14-21(15(2)27(25-14)17-8-6-5-7-9-17)22(29)32-13-20(28)24-16-10-11-18(23)19(12-16)33(30,31)26(3)4/h5-12H,13H2,1-4H3,(H,24,28). The van der Waals surface area contributed by atoms with E-state index >= 15 is 0 Å². The molecule has 0 aliphatic rings. The molecule has 0 saturated carbocycles. The average molecular weight is 491 g/mol. The molecule has 3 rings (SSSR count). The highest BCUT2D eigenvalue weighted by atomic mass is 35.5. The monoisotopic (exact) mass is 490 g/mol. The first-order valence-electron chi connectivity index (χ1n) is 9.83. The maximum Gasteiger partial charge on any atom is 0.342 e. The largest absolute Gasteiger partial charge is 0.452 e. The van der Waals surface area contributed by atoms with E-state index in [4.69, 9.17) is 16.3 Å². The lowest BCUT2D eigenvalue weighted by molar-refractivity contribution is -0.119. The summed E-state index contributed by atoms with van der Waals surface area (Å²) in [5.41, 5.74) is 2.32. The van der Waals surface area contributed by atoms with Crippen molar-refractivity contribution in [1.29, 1.82) is 0 Å².